The Hall–Kier alpha value is -1.88. The molecule has 0 unspecified atom stereocenters. The SMILES string of the molecule is CNCc1cc(Cl)c(/N=N/c2c(C)[nH]c3ccccc23)cc1Cl. The summed E-state index contributed by atoms with van der Waals surface area (Å²) < 4.78 is 0. The summed E-state index contributed by atoms with van der Waals surface area (Å²) in [5.74, 6) is 0. The van der Waals surface area contributed by atoms with Crippen molar-refractivity contribution >= 4 is 45.5 Å². The van der Waals surface area contributed by atoms with Crippen molar-refractivity contribution in [3.63, 3.8) is 0 Å². The van der Waals surface area contributed by atoms with E-state index in [1.807, 2.05) is 44.3 Å². The Morgan fingerprint density at radius 1 is 1.09 bits per heavy atom. The molecule has 118 valence electrons. The van der Waals surface area contributed by atoms with Gasteiger partial charge in [-0.2, -0.15) is 0 Å². The lowest BCUT2D eigenvalue weighted by molar-refractivity contribution is 0.818. The number of para-hydroxylation sites is 1. The molecule has 0 fully saturated rings. The van der Waals surface area contributed by atoms with E-state index in [4.69, 9.17) is 23.2 Å². The Morgan fingerprint density at radius 2 is 1.87 bits per heavy atom. The van der Waals surface area contributed by atoms with Gasteiger partial charge in [-0.15, -0.1) is 10.2 Å². The van der Waals surface area contributed by atoms with Crippen LogP contribution >= 0.6 is 23.2 Å². The van der Waals surface area contributed by atoms with E-state index in [0.29, 0.717) is 22.3 Å². The molecule has 0 saturated carbocycles. The van der Waals surface area contributed by atoms with Crippen LogP contribution in [0.2, 0.25) is 10.0 Å². The molecule has 0 atom stereocenters. The smallest absolute Gasteiger partial charge is 0.114 e. The number of nitrogens with one attached hydrogen (secondary N) is 2. The molecule has 4 nitrogen and oxygen atoms in total. The predicted octanol–water partition coefficient (Wildman–Crippen LogP) is 5.92. The van der Waals surface area contributed by atoms with Crippen LogP contribution in [0.1, 0.15) is 11.3 Å². The Bertz CT molecular complexity index is 884. The molecular weight excluding hydrogens is 331 g/mol. The predicted molar refractivity (Wildman–Crippen MR) is 96.4 cm³/mol. The second-order valence-electron chi connectivity index (χ2n) is 5.27. The molecule has 3 rings (SSSR count). The second kappa shape index (κ2) is 6.71. The Balaban J connectivity index is 1.99. The monoisotopic (exact) mass is 346 g/mol. The van der Waals surface area contributed by atoms with Crippen molar-refractivity contribution in [1.29, 1.82) is 0 Å². The highest BCUT2D eigenvalue weighted by molar-refractivity contribution is 6.35. The zero-order chi connectivity index (χ0) is 16.4. The van der Waals surface area contributed by atoms with Gasteiger partial charge in [0.1, 0.15) is 11.4 Å². The summed E-state index contributed by atoms with van der Waals surface area (Å²) in [6.07, 6.45) is 0. The minimum Gasteiger partial charge on any atom is -0.357 e. The molecular formula is C17H16Cl2N4. The van der Waals surface area contributed by atoms with Crippen molar-refractivity contribution in [2.24, 2.45) is 10.2 Å². The van der Waals surface area contributed by atoms with Gasteiger partial charge in [0.25, 0.3) is 0 Å². The molecule has 0 bridgehead atoms. The number of aromatic nitrogens is 1. The lowest BCUT2D eigenvalue weighted by atomic mass is 10.2. The van der Waals surface area contributed by atoms with Crippen LogP contribution in [-0.4, -0.2) is 12.0 Å². The van der Waals surface area contributed by atoms with Gasteiger partial charge in [0.2, 0.25) is 0 Å². The molecule has 2 N–H and O–H groups in total. The first-order valence-corrected chi connectivity index (χ1v) is 7.97. The first-order valence-electron chi connectivity index (χ1n) is 7.21. The molecule has 0 aliphatic carbocycles. The first kappa shape index (κ1) is 16.0. The highest BCUT2D eigenvalue weighted by Crippen LogP contribution is 2.35. The van der Waals surface area contributed by atoms with Gasteiger partial charge in [0, 0.05) is 28.2 Å². The average molecular weight is 347 g/mol. The average Bonchev–Trinajstić information content (AvgIpc) is 2.85. The van der Waals surface area contributed by atoms with E-state index < -0.39 is 0 Å². The minimum absolute atomic E-state index is 0.529. The van der Waals surface area contributed by atoms with Gasteiger partial charge in [-0.1, -0.05) is 41.4 Å². The van der Waals surface area contributed by atoms with Crippen molar-refractivity contribution in [2.75, 3.05) is 7.05 Å². The van der Waals surface area contributed by atoms with Crippen molar-refractivity contribution in [3.05, 3.63) is 57.7 Å². The van der Waals surface area contributed by atoms with E-state index in [-0.39, 0.29) is 0 Å². The van der Waals surface area contributed by atoms with Crippen LogP contribution in [0.5, 0.6) is 0 Å². The highest BCUT2D eigenvalue weighted by atomic mass is 35.5. The second-order valence-corrected chi connectivity index (χ2v) is 6.08. The van der Waals surface area contributed by atoms with Gasteiger partial charge in [-0.05, 0) is 37.7 Å². The number of halogens is 2. The maximum atomic E-state index is 6.29. The fourth-order valence-corrected chi connectivity index (χ4v) is 2.92. The van der Waals surface area contributed by atoms with E-state index in [1.54, 1.807) is 6.07 Å². The number of aryl methyl sites for hydroxylation is 1. The third-order valence-electron chi connectivity index (χ3n) is 3.60. The first-order chi connectivity index (χ1) is 11.1. The molecule has 23 heavy (non-hydrogen) atoms. The van der Waals surface area contributed by atoms with E-state index in [0.717, 1.165) is 27.8 Å². The van der Waals surface area contributed by atoms with Crippen molar-refractivity contribution < 1.29 is 0 Å². The van der Waals surface area contributed by atoms with Crippen molar-refractivity contribution in [3.8, 4) is 0 Å². The Labute approximate surface area is 144 Å². The molecule has 0 radical (unpaired) electrons. The van der Waals surface area contributed by atoms with Crippen LogP contribution in [0.4, 0.5) is 11.4 Å². The highest BCUT2D eigenvalue weighted by Gasteiger charge is 2.09. The van der Waals surface area contributed by atoms with Gasteiger partial charge in [-0.25, -0.2) is 0 Å². The molecule has 2 aromatic carbocycles. The number of nitrogens with zero attached hydrogens (tertiary/aromatic N) is 2. The number of H-pyrrole nitrogens is 1. The molecule has 0 spiro atoms. The van der Waals surface area contributed by atoms with Crippen LogP contribution in [0.25, 0.3) is 10.9 Å². The standard InChI is InChI=1S/C17H16Cl2N4/c1-10-17(12-5-3-4-6-15(12)21-10)23-22-16-8-13(18)11(9-20-2)7-14(16)19/h3-8,20-21H,9H2,1-2H3/b23-22+. The molecule has 0 saturated heterocycles. The van der Waals surface area contributed by atoms with Gasteiger partial charge in [0.15, 0.2) is 0 Å². The molecule has 6 heteroatoms. The summed E-state index contributed by atoms with van der Waals surface area (Å²) in [4.78, 5) is 3.29. The summed E-state index contributed by atoms with van der Waals surface area (Å²) in [5, 5.41) is 13.9. The van der Waals surface area contributed by atoms with E-state index in [1.165, 1.54) is 0 Å². The number of benzene rings is 2. The molecule has 1 aromatic heterocycles. The molecule has 1 heterocycles. The van der Waals surface area contributed by atoms with E-state index in [2.05, 4.69) is 20.5 Å². The lowest BCUT2D eigenvalue weighted by Crippen LogP contribution is -2.05. The lowest BCUT2D eigenvalue weighted by Gasteiger charge is -2.06. The quantitative estimate of drug-likeness (QED) is 0.566. The number of aromatic amines is 1. The zero-order valence-electron chi connectivity index (χ0n) is 12.8. The van der Waals surface area contributed by atoms with Crippen LogP contribution in [-0.2, 0) is 6.54 Å². The van der Waals surface area contributed by atoms with Crippen LogP contribution in [0, 0.1) is 6.92 Å². The summed E-state index contributed by atoms with van der Waals surface area (Å²) in [6, 6.07) is 11.5. The van der Waals surface area contributed by atoms with E-state index in [9.17, 15) is 0 Å². The number of hydrogen-bond donors (Lipinski definition) is 2. The van der Waals surface area contributed by atoms with Gasteiger partial charge >= 0.3 is 0 Å². The van der Waals surface area contributed by atoms with Crippen molar-refractivity contribution in [1.82, 2.24) is 10.3 Å². The van der Waals surface area contributed by atoms with Gasteiger partial charge in [-0.3, -0.25) is 0 Å². The van der Waals surface area contributed by atoms with Crippen LogP contribution in [0.3, 0.4) is 0 Å². The third kappa shape index (κ3) is 3.24. The molecule has 0 amide bonds. The summed E-state index contributed by atoms with van der Waals surface area (Å²) >= 11 is 12.5. The number of rotatable bonds is 4. The maximum absolute atomic E-state index is 6.29. The summed E-state index contributed by atoms with van der Waals surface area (Å²) in [6.45, 7) is 2.62. The minimum atomic E-state index is 0.529. The fourth-order valence-electron chi connectivity index (χ4n) is 2.47. The topological polar surface area (TPSA) is 52.5 Å². The number of hydrogen-bond acceptors (Lipinski definition) is 3. The van der Waals surface area contributed by atoms with Crippen LogP contribution < -0.4 is 5.32 Å². The Morgan fingerprint density at radius 3 is 2.65 bits per heavy atom. The van der Waals surface area contributed by atoms with Crippen LogP contribution in [0.15, 0.2) is 46.6 Å². The van der Waals surface area contributed by atoms with E-state index >= 15 is 0 Å². The normalized spacial score (nSPS) is 11.7. The molecule has 0 aliphatic rings. The fraction of sp³-hybridized carbons (Fsp3) is 0.176. The van der Waals surface area contributed by atoms with Gasteiger partial charge in [0.05, 0.1) is 5.02 Å². The Kier molecular flexibility index (Phi) is 4.66. The summed E-state index contributed by atoms with van der Waals surface area (Å²) in [7, 11) is 1.86. The molecule has 3 aromatic rings. The number of azo groups is 1. The summed E-state index contributed by atoms with van der Waals surface area (Å²) in [5.41, 5.74) is 4.30. The van der Waals surface area contributed by atoms with Crippen molar-refractivity contribution in [2.45, 2.75) is 13.5 Å². The maximum Gasteiger partial charge on any atom is 0.114 e. The third-order valence-corrected chi connectivity index (χ3v) is 4.25. The largest absolute Gasteiger partial charge is 0.357 e. The zero-order valence-corrected chi connectivity index (χ0v) is 14.3. The van der Waals surface area contributed by atoms with Gasteiger partial charge < -0.3 is 10.3 Å². The molecule has 0 aliphatic heterocycles. The number of fused-ring (bicyclic) bond motifs is 1.